The van der Waals surface area contributed by atoms with Gasteiger partial charge in [-0.25, -0.2) is 24.1 Å². The summed E-state index contributed by atoms with van der Waals surface area (Å²) in [5.41, 5.74) is 1.32. The number of hydrogen-bond donors (Lipinski definition) is 7. The molecule has 0 aromatic carbocycles. The SMILES string of the molecule is C/C(=C\CNc1ncnc2c1ncn2[C@@H]1O[C@H](COP(=O)(O)OP(=O)(O)O)[C@@H](O)[C@H]1O)CO. The van der Waals surface area contributed by atoms with Crippen LogP contribution >= 0.6 is 15.6 Å². The van der Waals surface area contributed by atoms with Crippen molar-refractivity contribution in [3.8, 4) is 0 Å². The van der Waals surface area contributed by atoms with E-state index in [4.69, 9.17) is 19.6 Å². The van der Waals surface area contributed by atoms with Gasteiger partial charge >= 0.3 is 15.6 Å². The van der Waals surface area contributed by atoms with Crippen LogP contribution in [0.4, 0.5) is 5.82 Å². The number of ether oxygens (including phenoxy) is 1. The molecule has 18 heteroatoms. The van der Waals surface area contributed by atoms with Crippen LogP contribution in [0.5, 0.6) is 0 Å². The summed E-state index contributed by atoms with van der Waals surface area (Å²) in [7, 11) is -10.5. The van der Waals surface area contributed by atoms with Crippen molar-refractivity contribution in [2.75, 3.05) is 25.1 Å². The standard InChI is InChI=1S/C15H23N5O11P2/c1-8(4-21)2-3-16-13-10-14(18-6-17-13)20(7-19-10)15-12(23)11(22)9(30-15)5-29-33(27,28)31-32(24,25)26/h2,6-7,9,11-12,15,21-23H,3-5H2,1H3,(H,27,28)(H,16,17,18)(H2,24,25,26)/b8-2+/t9-,11-,12-,15-/m1/s1. The van der Waals surface area contributed by atoms with Crippen molar-refractivity contribution in [1.29, 1.82) is 0 Å². The molecule has 0 aliphatic carbocycles. The molecule has 16 nitrogen and oxygen atoms in total. The van der Waals surface area contributed by atoms with E-state index in [2.05, 4.69) is 29.1 Å². The highest BCUT2D eigenvalue weighted by Gasteiger charge is 2.46. The van der Waals surface area contributed by atoms with Crippen molar-refractivity contribution in [1.82, 2.24) is 19.5 Å². The Labute approximate surface area is 186 Å². The predicted octanol–water partition coefficient (Wildman–Crippen LogP) is -0.978. The van der Waals surface area contributed by atoms with Crippen LogP contribution in [0.3, 0.4) is 0 Å². The van der Waals surface area contributed by atoms with Gasteiger partial charge in [-0.1, -0.05) is 11.6 Å². The molecule has 1 unspecified atom stereocenters. The van der Waals surface area contributed by atoms with E-state index >= 15 is 0 Å². The minimum atomic E-state index is -5.31. The lowest BCUT2D eigenvalue weighted by atomic mass is 10.1. The van der Waals surface area contributed by atoms with E-state index in [1.807, 2.05) is 0 Å². The quantitative estimate of drug-likeness (QED) is 0.150. The van der Waals surface area contributed by atoms with Crippen LogP contribution in [-0.4, -0.2) is 87.6 Å². The number of rotatable bonds is 10. The largest absolute Gasteiger partial charge is 0.481 e. The highest BCUT2D eigenvalue weighted by molar-refractivity contribution is 7.60. The molecular formula is C15H23N5O11P2. The predicted molar refractivity (Wildman–Crippen MR) is 109 cm³/mol. The molecule has 2 aromatic heterocycles. The Morgan fingerprint density at radius 1 is 1.24 bits per heavy atom. The number of nitrogens with one attached hydrogen (secondary N) is 1. The van der Waals surface area contributed by atoms with Gasteiger partial charge in [-0.15, -0.1) is 0 Å². The van der Waals surface area contributed by atoms with Gasteiger partial charge in [-0.3, -0.25) is 9.09 Å². The number of anilines is 1. The molecule has 0 saturated carbocycles. The van der Waals surface area contributed by atoms with Crippen molar-refractivity contribution in [3.05, 3.63) is 24.3 Å². The molecule has 0 bridgehead atoms. The van der Waals surface area contributed by atoms with Crippen molar-refractivity contribution in [2.24, 2.45) is 0 Å². The number of phosphoric ester groups is 1. The van der Waals surface area contributed by atoms with Gasteiger partial charge in [-0.05, 0) is 6.92 Å². The van der Waals surface area contributed by atoms with Gasteiger partial charge in [0.05, 0.1) is 19.5 Å². The summed E-state index contributed by atoms with van der Waals surface area (Å²) < 4.78 is 37.3. The fourth-order valence-electron chi connectivity index (χ4n) is 2.98. The van der Waals surface area contributed by atoms with Gasteiger partial charge in [0.15, 0.2) is 23.2 Å². The number of imidazole rings is 1. The molecule has 184 valence electrons. The second-order valence-electron chi connectivity index (χ2n) is 7.02. The first-order valence-electron chi connectivity index (χ1n) is 9.35. The molecule has 1 fully saturated rings. The Kier molecular flexibility index (Phi) is 7.99. The lowest BCUT2D eigenvalue weighted by molar-refractivity contribution is -0.0503. The summed E-state index contributed by atoms with van der Waals surface area (Å²) in [4.78, 5) is 39.1. The number of hydrogen-bond acceptors (Lipinski definition) is 12. The highest BCUT2D eigenvalue weighted by Crippen LogP contribution is 2.57. The van der Waals surface area contributed by atoms with E-state index in [9.17, 15) is 24.2 Å². The second-order valence-corrected chi connectivity index (χ2v) is 9.85. The molecule has 1 saturated heterocycles. The molecule has 1 aliphatic rings. The zero-order valence-corrected chi connectivity index (χ0v) is 18.9. The fourth-order valence-corrected chi connectivity index (χ4v) is 4.58. The Hall–Kier alpha value is -1.81. The third kappa shape index (κ3) is 6.41. The third-order valence-electron chi connectivity index (χ3n) is 4.55. The van der Waals surface area contributed by atoms with Gasteiger partial charge in [-0.2, -0.15) is 4.31 Å². The monoisotopic (exact) mass is 511 g/mol. The van der Waals surface area contributed by atoms with E-state index < -0.39 is 46.8 Å². The second kappa shape index (κ2) is 10.2. The first kappa shape index (κ1) is 25.8. The lowest BCUT2D eigenvalue weighted by Gasteiger charge is -2.17. The lowest BCUT2D eigenvalue weighted by Crippen LogP contribution is -2.33. The van der Waals surface area contributed by atoms with Crippen LogP contribution in [0, 0.1) is 0 Å². The van der Waals surface area contributed by atoms with E-state index in [0.717, 1.165) is 5.57 Å². The van der Waals surface area contributed by atoms with Crippen molar-refractivity contribution >= 4 is 32.6 Å². The van der Waals surface area contributed by atoms with Crippen LogP contribution in [0.2, 0.25) is 0 Å². The third-order valence-corrected chi connectivity index (χ3v) is 6.70. The summed E-state index contributed by atoms with van der Waals surface area (Å²) in [5, 5.41) is 32.7. The first-order valence-corrected chi connectivity index (χ1v) is 12.4. The molecule has 0 radical (unpaired) electrons. The maximum Gasteiger partial charge on any atom is 0.481 e. The number of nitrogens with zero attached hydrogens (tertiary/aromatic N) is 4. The summed E-state index contributed by atoms with van der Waals surface area (Å²) >= 11 is 0. The molecule has 7 N–H and O–H groups in total. The Morgan fingerprint density at radius 2 is 1.97 bits per heavy atom. The van der Waals surface area contributed by atoms with Crippen LogP contribution in [0.1, 0.15) is 13.2 Å². The molecule has 2 aromatic rings. The average molecular weight is 511 g/mol. The molecule has 0 spiro atoms. The van der Waals surface area contributed by atoms with Crippen molar-refractivity contribution < 1.29 is 52.7 Å². The minimum Gasteiger partial charge on any atom is -0.392 e. The van der Waals surface area contributed by atoms with Gasteiger partial charge < -0.3 is 40.1 Å². The molecule has 5 atom stereocenters. The zero-order valence-electron chi connectivity index (χ0n) is 17.1. The fraction of sp³-hybridized carbons (Fsp3) is 0.533. The van der Waals surface area contributed by atoms with Crippen LogP contribution in [0.15, 0.2) is 24.3 Å². The summed E-state index contributed by atoms with van der Waals surface area (Å²) in [6, 6.07) is 0. The van der Waals surface area contributed by atoms with E-state index in [1.165, 1.54) is 17.2 Å². The Bertz CT molecular complexity index is 1110. The molecule has 0 amide bonds. The maximum absolute atomic E-state index is 11.6. The van der Waals surface area contributed by atoms with Gasteiger partial charge in [0, 0.05) is 6.54 Å². The number of aliphatic hydroxyl groups is 3. The van der Waals surface area contributed by atoms with Gasteiger partial charge in [0.25, 0.3) is 0 Å². The number of aromatic nitrogens is 4. The first-order chi connectivity index (χ1) is 15.4. The summed E-state index contributed by atoms with van der Waals surface area (Å²) in [5.74, 6) is 0.365. The van der Waals surface area contributed by atoms with Crippen molar-refractivity contribution in [2.45, 2.75) is 31.5 Å². The average Bonchev–Trinajstić information content (AvgIpc) is 3.27. The number of phosphoric acid groups is 2. The van der Waals surface area contributed by atoms with E-state index in [0.29, 0.717) is 17.9 Å². The van der Waals surface area contributed by atoms with Crippen molar-refractivity contribution in [3.63, 3.8) is 0 Å². The number of aliphatic hydroxyl groups excluding tert-OH is 3. The smallest absolute Gasteiger partial charge is 0.392 e. The molecule has 1 aliphatic heterocycles. The topological polar surface area (TPSA) is 239 Å². The molecule has 3 heterocycles. The Balaban J connectivity index is 1.74. The molecular weight excluding hydrogens is 488 g/mol. The summed E-state index contributed by atoms with van der Waals surface area (Å²) in [6.07, 6.45) is -1.41. The van der Waals surface area contributed by atoms with Gasteiger partial charge in [0.2, 0.25) is 0 Å². The number of fused-ring (bicyclic) bond motifs is 1. The molecule has 33 heavy (non-hydrogen) atoms. The zero-order chi connectivity index (χ0) is 24.4. The van der Waals surface area contributed by atoms with Crippen LogP contribution < -0.4 is 5.32 Å². The Morgan fingerprint density at radius 3 is 2.64 bits per heavy atom. The van der Waals surface area contributed by atoms with E-state index in [-0.39, 0.29) is 12.3 Å². The maximum atomic E-state index is 11.6. The van der Waals surface area contributed by atoms with Crippen LogP contribution in [0.25, 0.3) is 11.2 Å². The normalized spacial score (nSPS) is 26.0. The van der Waals surface area contributed by atoms with E-state index in [1.54, 1.807) is 13.0 Å². The van der Waals surface area contributed by atoms with Crippen LogP contribution in [-0.2, 0) is 22.7 Å². The molecule has 3 rings (SSSR count). The summed E-state index contributed by atoms with van der Waals surface area (Å²) in [6.45, 7) is 1.19. The minimum absolute atomic E-state index is 0.0865. The van der Waals surface area contributed by atoms with Gasteiger partial charge in [0.1, 0.15) is 24.6 Å². The highest BCUT2D eigenvalue weighted by atomic mass is 31.3.